The van der Waals surface area contributed by atoms with E-state index in [2.05, 4.69) is 53.5 Å². The van der Waals surface area contributed by atoms with Crippen LogP contribution in [-0.4, -0.2) is 28.3 Å². The van der Waals surface area contributed by atoms with Gasteiger partial charge in [-0.3, -0.25) is 0 Å². The second-order valence-electron chi connectivity index (χ2n) is 6.98. The van der Waals surface area contributed by atoms with E-state index in [-0.39, 0.29) is 0 Å². The summed E-state index contributed by atoms with van der Waals surface area (Å²) in [6, 6.07) is 8.62. The Labute approximate surface area is 168 Å². The number of nitrogens with one attached hydrogen (secondary N) is 1. The highest BCUT2D eigenvalue weighted by Gasteiger charge is 2.18. The van der Waals surface area contributed by atoms with E-state index in [1.54, 1.807) is 18.4 Å². The summed E-state index contributed by atoms with van der Waals surface area (Å²) < 4.78 is 8.64. The number of nitrogens with two attached hydrogens (primary N) is 1. The molecule has 0 aliphatic heterocycles. The van der Waals surface area contributed by atoms with E-state index in [4.69, 9.17) is 10.5 Å². The maximum Gasteiger partial charge on any atom is 0.152 e. The topological polar surface area (TPSA) is 77.5 Å². The van der Waals surface area contributed by atoms with Crippen molar-refractivity contribution in [2.24, 2.45) is 0 Å². The summed E-state index contributed by atoms with van der Waals surface area (Å²) in [6.45, 7) is 6.00. The van der Waals surface area contributed by atoms with Gasteiger partial charge in [0.2, 0.25) is 0 Å². The van der Waals surface area contributed by atoms with Gasteiger partial charge in [0.1, 0.15) is 17.6 Å². The van der Waals surface area contributed by atoms with Crippen LogP contribution in [0.2, 0.25) is 0 Å². The van der Waals surface area contributed by atoms with Crippen LogP contribution in [-0.2, 0) is 6.54 Å². The fourth-order valence-corrected chi connectivity index (χ4v) is 4.66. The Morgan fingerprint density at radius 2 is 2.11 bits per heavy atom. The molecule has 0 fully saturated rings. The van der Waals surface area contributed by atoms with Crippen molar-refractivity contribution in [1.82, 2.24) is 19.9 Å². The minimum atomic E-state index is 0.491. The number of hydrogen-bond donors (Lipinski definition) is 2. The average Bonchev–Trinajstić information content (AvgIpc) is 3.27. The van der Waals surface area contributed by atoms with Crippen molar-refractivity contribution in [3.05, 3.63) is 41.9 Å². The van der Waals surface area contributed by atoms with Crippen LogP contribution < -0.4 is 15.8 Å². The molecule has 4 rings (SSSR count). The Morgan fingerprint density at radius 1 is 1.25 bits per heavy atom. The van der Waals surface area contributed by atoms with E-state index in [1.807, 2.05) is 4.52 Å². The van der Waals surface area contributed by atoms with Crippen molar-refractivity contribution < 1.29 is 4.74 Å². The number of hydrogen-bond acceptors (Lipinski definition) is 6. The first kappa shape index (κ1) is 18.7. The lowest BCUT2D eigenvalue weighted by Gasteiger charge is -2.04. The number of aromatic nitrogens is 3. The van der Waals surface area contributed by atoms with E-state index in [0.717, 1.165) is 51.6 Å². The maximum atomic E-state index is 6.25. The van der Waals surface area contributed by atoms with E-state index < -0.39 is 0 Å². The second kappa shape index (κ2) is 7.77. The number of unbranched alkanes of at least 4 members (excludes halogenated alkanes) is 1. The van der Waals surface area contributed by atoms with Crippen molar-refractivity contribution >= 4 is 32.8 Å². The maximum absolute atomic E-state index is 6.25. The Balaban J connectivity index is 1.83. The number of ether oxygens (including phenoxy) is 1. The first-order valence-corrected chi connectivity index (χ1v) is 10.3. The zero-order chi connectivity index (χ0) is 19.7. The number of rotatable bonds is 7. The molecule has 3 N–H and O–H groups in total. The molecule has 0 saturated heterocycles. The van der Waals surface area contributed by atoms with Gasteiger partial charge < -0.3 is 15.8 Å². The Hall–Kier alpha value is -2.64. The highest BCUT2D eigenvalue weighted by molar-refractivity contribution is 7.22. The van der Waals surface area contributed by atoms with Crippen LogP contribution in [0.4, 0.5) is 5.82 Å². The molecule has 1 aromatic carbocycles. The highest BCUT2D eigenvalue weighted by atomic mass is 32.1. The van der Waals surface area contributed by atoms with E-state index in [9.17, 15) is 0 Å². The number of aryl methyl sites for hydroxylation is 1. The number of nitrogen functional groups attached to an aromatic ring is 1. The fraction of sp³-hybridized carbons (Fsp3) is 0.333. The monoisotopic (exact) mass is 395 g/mol. The summed E-state index contributed by atoms with van der Waals surface area (Å²) in [5.41, 5.74) is 10.4. The van der Waals surface area contributed by atoms with Crippen LogP contribution in [0.5, 0.6) is 5.75 Å². The lowest BCUT2D eigenvalue weighted by Crippen LogP contribution is -2.16. The molecule has 0 unspecified atom stereocenters. The van der Waals surface area contributed by atoms with Crippen molar-refractivity contribution in [2.45, 2.75) is 33.2 Å². The zero-order valence-electron chi connectivity index (χ0n) is 16.5. The van der Waals surface area contributed by atoms with Gasteiger partial charge in [-0.05, 0) is 49.0 Å². The van der Waals surface area contributed by atoms with Gasteiger partial charge in [0.25, 0.3) is 0 Å². The predicted octanol–water partition coefficient (Wildman–Crippen LogP) is 4.40. The van der Waals surface area contributed by atoms with Gasteiger partial charge >= 0.3 is 0 Å². The van der Waals surface area contributed by atoms with Crippen LogP contribution in [0.1, 0.15) is 31.0 Å². The normalized spacial score (nSPS) is 11.5. The fourth-order valence-electron chi connectivity index (χ4n) is 3.51. The largest absolute Gasteiger partial charge is 0.495 e. The van der Waals surface area contributed by atoms with E-state index in [1.165, 1.54) is 23.7 Å². The number of nitrogens with zero attached hydrogens (tertiary/aromatic N) is 3. The van der Waals surface area contributed by atoms with Crippen molar-refractivity contribution in [3.63, 3.8) is 0 Å². The minimum Gasteiger partial charge on any atom is -0.495 e. The molecular weight excluding hydrogens is 370 g/mol. The summed E-state index contributed by atoms with van der Waals surface area (Å²) in [6.07, 6.45) is 3.84. The third kappa shape index (κ3) is 3.31. The van der Waals surface area contributed by atoms with Gasteiger partial charge in [0.05, 0.1) is 17.5 Å². The molecule has 0 aliphatic rings. The third-order valence-electron chi connectivity index (χ3n) is 4.88. The van der Waals surface area contributed by atoms with Gasteiger partial charge in [-0.1, -0.05) is 19.4 Å². The second-order valence-corrected chi connectivity index (χ2v) is 8.03. The number of benzene rings is 1. The van der Waals surface area contributed by atoms with Gasteiger partial charge in [-0.2, -0.15) is 5.10 Å². The van der Waals surface area contributed by atoms with Gasteiger partial charge in [-0.25, -0.2) is 9.50 Å². The molecule has 3 heterocycles. The number of fused-ring (bicyclic) bond motifs is 2. The summed E-state index contributed by atoms with van der Waals surface area (Å²) in [5, 5.41) is 9.12. The standard InChI is InChI=1S/C21H25N5OS/c1-4-5-6-23-11-15-10-16(19-21(22)24-12-25-26(15)19)18-9-14-7-13(2)8-17(27-3)20(14)28-18/h7-10,12,23H,4-6,11H2,1-3H3,(H2,22,24,25). The van der Waals surface area contributed by atoms with Crippen LogP contribution in [0.15, 0.2) is 30.6 Å². The molecule has 0 radical (unpaired) electrons. The molecular formula is C21H25N5OS. The average molecular weight is 396 g/mol. The van der Waals surface area contributed by atoms with E-state index >= 15 is 0 Å². The lowest BCUT2D eigenvalue weighted by molar-refractivity contribution is 0.420. The molecule has 146 valence electrons. The van der Waals surface area contributed by atoms with Crippen LogP contribution in [0, 0.1) is 6.92 Å². The highest BCUT2D eigenvalue weighted by Crippen LogP contribution is 2.42. The molecule has 0 bridgehead atoms. The van der Waals surface area contributed by atoms with Crippen LogP contribution in [0.3, 0.4) is 0 Å². The molecule has 0 saturated carbocycles. The Kier molecular flexibility index (Phi) is 5.19. The van der Waals surface area contributed by atoms with Crippen molar-refractivity contribution in [3.8, 4) is 16.2 Å². The number of methoxy groups -OCH3 is 1. The lowest BCUT2D eigenvalue weighted by atomic mass is 10.1. The molecule has 0 aliphatic carbocycles. The summed E-state index contributed by atoms with van der Waals surface area (Å²) in [5.74, 6) is 1.39. The summed E-state index contributed by atoms with van der Waals surface area (Å²) >= 11 is 1.71. The molecule has 3 aromatic heterocycles. The molecule has 0 amide bonds. The van der Waals surface area contributed by atoms with Gasteiger partial charge in [-0.15, -0.1) is 11.3 Å². The number of thiophene rings is 1. The van der Waals surface area contributed by atoms with Crippen LogP contribution >= 0.6 is 11.3 Å². The molecule has 6 nitrogen and oxygen atoms in total. The third-order valence-corrected chi connectivity index (χ3v) is 6.08. The molecule has 0 spiro atoms. The molecule has 28 heavy (non-hydrogen) atoms. The van der Waals surface area contributed by atoms with Crippen molar-refractivity contribution in [2.75, 3.05) is 19.4 Å². The van der Waals surface area contributed by atoms with E-state index in [0.29, 0.717) is 5.82 Å². The minimum absolute atomic E-state index is 0.491. The van der Waals surface area contributed by atoms with Gasteiger partial charge in [0.15, 0.2) is 5.82 Å². The summed E-state index contributed by atoms with van der Waals surface area (Å²) in [7, 11) is 1.72. The zero-order valence-corrected chi connectivity index (χ0v) is 17.3. The Morgan fingerprint density at radius 3 is 2.89 bits per heavy atom. The Bertz CT molecular complexity index is 1130. The predicted molar refractivity (Wildman–Crippen MR) is 116 cm³/mol. The molecule has 4 aromatic rings. The first-order chi connectivity index (χ1) is 13.6. The van der Waals surface area contributed by atoms with Gasteiger partial charge in [0, 0.05) is 17.0 Å². The molecule has 7 heteroatoms. The first-order valence-electron chi connectivity index (χ1n) is 9.52. The molecule has 0 atom stereocenters. The quantitative estimate of drug-likeness (QED) is 0.454. The smallest absolute Gasteiger partial charge is 0.152 e. The van der Waals surface area contributed by atoms with Crippen molar-refractivity contribution in [1.29, 1.82) is 0 Å². The number of anilines is 1. The SMILES string of the molecule is CCCCNCc1cc(-c2cc3cc(C)cc(OC)c3s2)c2c(N)ncnn12. The summed E-state index contributed by atoms with van der Waals surface area (Å²) in [4.78, 5) is 5.36. The van der Waals surface area contributed by atoms with Crippen LogP contribution in [0.25, 0.3) is 26.0 Å².